The zero-order valence-electron chi connectivity index (χ0n) is 5.18. The number of nitrogens with two attached hydrogens (primary N) is 1. The Labute approximate surface area is 54.4 Å². The molecule has 0 aromatic carbocycles. The SMILES string of the molecule is C=C/C=C(F)\C=C/CN. The fourth-order valence-electron chi connectivity index (χ4n) is 0.349. The van der Waals surface area contributed by atoms with Crippen LogP contribution in [0.2, 0.25) is 0 Å². The molecule has 2 N–H and O–H groups in total. The Hall–Kier alpha value is -0.890. The highest BCUT2D eigenvalue weighted by molar-refractivity contribution is 5.16. The average molecular weight is 127 g/mol. The van der Waals surface area contributed by atoms with E-state index in [-0.39, 0.29) is 5.83 Å². The van der Waals surface area contributed by atoms with Crippen LogP contribution in [0.5, 0.6) is 0 Å². The molecule has 0 aliphatic rings. The summed E-state index contributed by atoms with van der Waals surface area (Å²) < 4.78 is 12.2. The summed E-state index contributed by atoms with van der Waals surface area (Å²) in [6.07, 6.45) is 5.50. The lowest BCUT2D eigenvalue weighted by atomic mass is 10.4. The molecule has 0 amide bonds. The van der Waals surface area contributed by atoms with Crippen LogP contribution < -0.4 is 5.73 Å². The van der Waals surface area contributed by atoms with Crippen molar-refractivity contribution in [3.8, 4) is 0 Å². The van der Waals surface area contributed by atoms with E-state index >= 15 is 0 Å². The van der Waals surface area contributed by atoms with Crippen molar-refractivity contribution in [2.75, 3.05) is 6.54 Å². The Balaban J connectivity index is 3.74. The number of hydrogen-bond donors (Lipinski definition) is 1. The maximum absolute atomic E-state index is 12.2. The van der Waals surface area contributed by atoms with Crippen molar-refractivity contribution in [2.24, 2.45) is 5.73 Å². The fraction of sp³-hybridized carbons (Fsp3) is 0.143. The molecule has 0 aliphatic heterocycles. The molecule has 2 heteroatoms. The van der Waals surface area contributed by atoms with Crippen molar-refractivity contribution in [1.29, 1.82) is 0 Å². The van der Waals surface area contributed by atoms with Gasteiger partial charge in [-0.25, -0.2) is 4.39 Å². The summed E-state index contributed by atoms with van der Waals surface area (Å²) in [5.41, 5.74) is 5.07. The van der Waals surface area contributed by atoms with Crippen molar-refractivity contribution < 1.29 is 4.39 Å². The molecule has 0 atom stereocenters. The summed E-state index contributed by atoms with van der Waals surface area (Å²) in [7, 11) is 0. The van der Waals surface area contributed by atoms with Crippen molar-refractivity contribution >= 4 is 0 Å². The summed E-state index contributed by atoms with van der Waals surface area (Å²) in [6.45, 7) is 3.69. The van der Waals surface area contributed by atoms with E-state index in [0.29, 0.717) is 6.54 Å². The van der Waals surface area contributed by atoms with Gasteiger partial charge >= 0.3 is 0 Å². The monoisotopic (exact) mass is 127 g/mol. The lowest BCUT2D eigenvalue weighted by Gasteiger charge is -1.80. The van der Waals surface area contributed by atoms with Crippen LogP contribution in [0.25, 0.3) is 0 Å². The normalized spacial score (nSPS) is 12.4. The van der Waals surface area contributed by atoms with Crippen LogP contribution in [0.1, 0.15) is 0 Å². The van der Waals surface area contributed by atoms with Gasteiger partial charge in [0, 0.05) is 6.54 Å². The van der Waals surface area contributed by atoms with Gasteiger partial charge in [-0.2, -0.15) is 0 Å². The molecule has 0 fully saturated rings. The molecule has 0 unspecified atom stereocenters. The van der Waals surface area contributed by atoms with E-state index in [1.807, 2.05) is 0 Å². The van der Waals surface area contributed by atoms with Crippen LogP contribution in [0.4, 0.5) is 4.39 Å². The minimum Gasteiger partial charge on any atom is -0.327 e. The molecule has 0 bridgehead atoms. The van der Waals surface area contributed by atoms with Crippen LogP contribution in [0.3, 0.4) is 0 Å². The van der Waals surface area contributed by atoms with Crippen molar-refractivity contribution in [3.63, 3.8) is 0 Å². The topological polar surface area (TPSA) is 26.0 Å². The molecule has 0 heterocycles. The Morgan fingerprint density at radius 1 is 1.67 bits per heavy atom. The molecule has 0 aliphatic carbocycles. The first-order chi connectivity index (χ1) is 4.31. The molecule has 0 rings (SSSR count). The average Bonchev–Trinajstić information content (AvgIpc) is 1.85. The lowest BCUT2D eigenvalue weighted by Crippen LogP contribution is -1.91. The number of rotatable bonds is 3. The lowest BCUT2D eigenvalue weighted by molar-refractivity contribution is 0.666. The standard InChI is InChI=1S/C7H10FN/c1-2-4-7(8)5-3-6-9/h2-5H,1,6,9H2/b5-3-,7-4+. The third kappa shape index (κ3) is 4.97. The second-order valence-corrected chi connectivity index (χ2v) is 1.43. The number of hydrogen-bond acceptors (Lipinski definition) is 1. The molecule has 50 valence electrons. The number of allylic oxidation sites excluding steroid dienone is 4. The maximum Gasteiger partial charge on any atom is 0.122 e. The Morgan fingerprint density at radius 2 is 2.33 bits per heavy atom. The number of halogens is 1. The molecule has 0 aromatic rings. The van der Waals surface area contributed by atoms with E-state index in [9.17, 15) is 4.39 Å². The van der Waals surface area contributed by atoms with Gasteiger partial charge in [-0.05, 0) is 12.2 Å². The second kappa shape index (κ2) is 5.25. The highest BCUT2D eigenvalue weighted by Crippen LogP contribution is 1.96. The molecular formula is C7H10FN. The van der Waals surface area contributed by atoms with E-state index in [1.54, 1.807) is 0 Å². The summed E-state index contributed by atoms with van der Waals surface area (Å²) in [6, 6.07) is 0. The molecule has 0 radical (unpaired) electrons. The van der Waals surface area contributed by atoms with Gasteiger partial charge in [-0.1, -0.05) is 18.7 Å². The van der Waals surface area contributed by atoms with E-state index in [0.717, 1.165) is 0 Å². The molecule has 0 aromatic heterocycles. The van der Waals surface area contributed by atoms with Crippen LogP contribution in [0, 0.1) is 0 Å². The second-order valence-electron chi connectivity index (χ2n) is 1.43. The smallest absolute Gasteiger partial charge is 0.122 e. The molecule has 1 nitrogen and oxygen atoms in total. The zero-order valence-corrected chi connectivity index (χ0v) is 5.18. The first kappa shape index (κ1) is 8.11. The molecular weight excluding hydrogens is 117 g/mol. The van der Waals surface area contributed by atoms with Crippen molar-refractivity contribution in [2.45, 2.75) is 0 Å². The Morgan fingerprint density at radius 3 is 2.78 bits per heavy atom. The summed E-state index contributed by atoms with van der Waals surface area (Å²) >= 11 is 0. The van der Waals surface area contributed by atoms with Crippen molar-refractivity contribution in [1.82, 2.24) is 0 Å². The van der Waals surface area contributed by atoms with Gasteiger partial charge in [0.25, 0.3) is 0 Å². The maximum atomic E-state index is 12.2. The Kier molecular flexibility index (Phi) is 4.73. The summed E-state index contributed by atoms with van der Waals surface area (Å²) in [5, 5.41) is 0. The van der Waals surface area contributed by atoms with Gasteiger partial charge in [0.15, 0.2) is 0 Å². The summed E-state index contributed by atoms with van der Waals surface area (Å²) in [5.74, 6) is -0.324. The largest absolute Gasteiger partial charge is 0.327 e. The van der Waals surface area contributed by atoms with Gasteiger partial charge in [0.1, 0.15) is 5.83 Å². The molecule has 9 heavy (non-hydrogen) atoms. The van der Waals surface area contributed by atoms with Gasteiger partial charge in [-0.3, -0.25) is 0 Å². The van der Waals surface area contributed by atoms with E-state index < -0.39 is 0 Å². The summed E-state index contributed by atoms with van der Waals surface area (Å²) in [4.78, 5) is 0. The minimum absolute atomic E-state index is 0.324. The quantitative estimate of drug-likeness (QED) is 0.572. The third-order valence-corrected chi connectivity index (χ3v) is 0.690. The van der Waals surface area contributed by atoms with Crippen LogP contribution in [-0.4, -0.2) is 6.54 Å². The zero-order chi connectivity index (χ0) is 7.11. The van der Waals surface area contributed by atoms with E-state index in [1.165, 1.54) is 24.3 Å². The third-order valence-electron chi connectivity index (χ3n) is 0.690. The van der Waals surface area contributed by atoms with Gasteiger partial charge in [-0.15, -0.1) is 0 Å². The van der Waals surface area contributed by atoms with Gasteiger partial charge < -0.3 is 5.73 Å². The fourth-order valence-corrected chi connectivity index (χ4v) is 0.349. The van der Waals surface area contributed by atoms with E-state index in [4.69, 9.17) is 5.73 Å². The highest BCUT2D eigenvalue weighted by atomic mass is 19.1. The van der Waals surface area contributed by atoms with E-state index in [2.05, 4.69) is 6.58 Å². The van der Waals surface area contributed by atoms with Gasteiger partial charge in [0.05, 0.1) is 0 Å². The van der Waals surface area contributed by atoms with Crippen LogP contribution >= 0.6 is 0 Å². The first-order valence-electron chi connectivity index (χ1n) is 2.66. The van der Waals surface area contributed by atoms with Crippen LogP contribution in [0.15, 0.2) is 36.7 Å². The first-order valence-corrected chi connectivity index (χ1v) is 2.66. The minimum atomic E-state index is -0.324. The highest BCUT2D eigenvalue weighted by Gasteiger charge is 1.79. The molecule has 0 spiro atoms. The predicted molar refractivity (Wildman–Crippen MR) is 37.6 cm³/mol. The predicted octanol–water partition coefficient (Wildman–Crippen LogP) is 1.54. The molecule has 0 saturated heterocycles. The van der Waals surface area contributed by atoms with Crippen LogP contribution in [-0.2, 0) is 0 Å². The van der Waals surface area contributed by atoms with Crippen molar-refractivity contribution in [3.05, 3.63) is 36.7 Å². The van der Waals surface area contributed by atoms with Gasteiger partial charge in [0.2, 0.25) is 0 Å². The molecule has 0 saturated carbocycles. The Bertz CT molecular complexity index is 136.